The van der Waals surface area contributed by atoms with Crippen LogP contribution >= 0.6 is 0 Å². The SMILES string of the molecule is COCCCN1CC2(CCN(C(=O)c3cn(C)c4ccccc34)CC2)CC1=O. The van der Waals surface area contributed by atoms with Gasteiger partial charge in [-0.2, -0.15) is 0 Å². The second-order valence-electron chi connectivity index (χ2n) is 8.30. The van der Waals surface area contributed by atoms with Crippen LogP contribution in [0.25, 0.3) is 10.9 Å². The smallest absolute Gasteiger partial charge is 0.256 e. The molecule has 6 heteroatoms. The number of carbonyl (C=O) groups excluding carboxylic acids is 2. The molecule has 6 nitrogen and oxygen atoms in total. The molecule has 1 spiro atoms. The Balaban J connectivity index is 1.41. The van der Waals surface area contributed by atoms with E-state index in [1.54, 1.807) is 7.11 Å². The van der Waals surface area contributed by atoms with Gasteiger partial charge in [0.25, 0.3) is 5.91 Å². The van der Waals surface area contributed by atoms with E-state index in [0.29, 0.717) is 13.0 Å². The average molecular weight is 383 g/mol. The first-order chi connectivity index (χ1) is 13.5. The molecule has 0 N–H and O–H groups in total. The highest BCUT2D eigenvalue weighted by molar-refractivity contribution is 6.07. The van der Waals surface area contributed by atoms with E-state index < -0.39 is 0 Å². The molecule has 1 aromatic heterocycles. The summed E-state index contributed by atoms with van der Waals surface area (Å²) in [5, 5.41) is 1.01. The van der Waals surface area contributed by atoms with Gasteiger partial charge >= 0.3 is 0 Å². The van der Waals surface area contributed by atoms with Crippen molar-refractivity contribution in [3.63, 3.8) is 0 Å². The summed E-state index contributed by atoms with van der Waals surface area (Å²) in [5.41, 5.74) is 1.89. The molecule has 0 aliphatic carbocycles. The second kappa shape index (κ2) is 7.59. The molecule has 4 rings (SSSR count). The lowest BCUT2D eigenvalue weighted by Gasteiger charge is -2.38. The maximum atomic E-state index is 13.2. The van der Waals surface area contributed by atoms with Crippen molar-refractivity contribution in [3.8, 4) is 0 Å². The molecule has 150 valence electrons. The van der Waals surface area contributed by atoms with Crippen molar-refractivity contribution in [2.75, 3.05) is 39.9 Å². The number of carbonyl (C=O) groups is 2. The molecule has 0 radical (unpaired) electrons. The number of amides is 2. The molecule has 2 saturated heterocycles. The van der Waals surface area contributed by atoms with E-state index in [2.05, 4.69) is 0 Å². The number of likely N-dealkylation sites (tertiary alicyclic amines) is 2. The third kappa shape index (κ3) is 3.41. The first kappa shape index (κ1) is 19.0. The standard InChI is InChI=1S/C22H29N3O3/c1-23-15-18(17-6-3-4-7-19(17)23)21(27)24-11-8-22(9-12-24)14-20(26)25(16-22)10-5-13-28-2/h3-4,6-7,15H,5,8-14,16H2,1-2H3. The minimum atomic E-state index is 0.0414. The number of para-hydroxylation sites is 1. The molecule has 3 heterocycles. The molecule has 0 unspecified atom stereocenters. The Labute approximate surface area is 166 Å². The van der Waals surface area contributed by atoms with E-state index in [1.807, 2.05) is 51.9 Å². The summed E-state index contributed by atoms with van der Waals surface area (Å²) in [6.07, 6.45) is 5.24. The number of benzene rings is 1. The van der Waals surface area contributed by atoms with Crippen LogP contribution in [0.5, 0.6) is 0 Å². The molecule has 2 amide bonds. The molecule has 0 atom stereocenters. The summed E-state index contributed by atoms with van der Waals surface area (Å²) >= 11 is 0. The number of aryl methyl sites for hydroxylation is 1. The van der Waals surface area contributed by atoms with Crippen LogP contribution in [0.3, 0.4) is 0 Å². The number of aromatic nitrogens is 1. The van der Waals surface area contributed by atoms with Gasteiger partial charge in [-0.1, -0.05) is 18.2 Å². The molecule has 2 aromatic rings. The largest absolute Gasteiger partial charge is 0.385 e. The number of rotatable bonds is 5. The summed E-state index contributed by atoms with van der Waals surface area (Å²) in [6, 6.07) is 8.03. The molecular formula is C22H29N3O3. The van der Waals surface area contributed by atoms with Gasteiger partial charge in [0.15, 0.2) is 0 Å². The van der Waals surface area contributed by atoms with E-state index in [4.69, 9.17) is 4.74 Å². The fourth-order valence-electron chi connectivity index (χ4n) is 4.79. The average Bonchev–Trinajstić information content (AvgIpc) is 3.19. The zero-order chi connectivity index (χ0) is 19.7. The second-order valence-corrected chi connectivity index (χ2v) is 8.30. The van der Waals surface area contributed by atoms with Gasteiger partial charge < -0.3 is 19.1 Å². The lowest BCUT2D eigenvalue weighted by atomic mass is 9.77. The van der Waals surface area contributed by atoms with Crippen molar-refractivity contribution in [2.45, 2.75) is 25.7 Å². The van der Waals surface area contributed by atoms with Crippen LogP contribution in [0.4, 0.5) is 0 Å². The third-order valence-corrected chi connectivity index (χ3v) is 6.42. The third-order valence-electron chi connectivity index (χ3n) is 6.42. The maximum absolute atomic E-state index is 13.2. The number of ether oxygens (including phenoxy) is 1. The van der Waals surface area contributed by atoms with Crippen LogP contribution in [0, 0.1) is 5.41 Å². The van der Waals surface area contributed by atoms with Crippen LogP contribution in [-0.2, 0) is 16.6 Å². The molecule has 28 heavy (non-hydrogen) atoms. The van der Waals surface area contributed by atoms with Gasteiger partial charge in [-0.3, -0.25) is 9.59 Å². The normalized spacial score (nSPS) is 19.1. The highest BCUT2D eigenvalue weighted by Crippen LogP contribution is 2.41. The summed E-state index contributed by atoms with van der Waals surface area (Å²) in [4.78, 5) is 29.5. The monoisotopic (exact) mass is 383 g/mol. The van der Waals surface area contributed by atoms with Crippen molar-refractivity contribution in [2.24, 2.45) is 12.5 Å². The van der Waals surface area contributed by atoms with Crippen molar-refractivity contribution in [1.82, 2.24) is 14.4 Å². The highest BCUT2D eigenvalue weighted by atomic mass is 16.5. The first-order valence-electron chi connectivity index (χ1n) is 10.1. The van der Waals surface area contributed by atoms with Crippen molar-refractivity contribution in [3.05, 3.63) is 36.0 Å². The van der Waals surface area contributed by atoms with Crippen LogP contribution in [0.2, 0.25) is 0 Å². The fourth-order valence-corrected chi connectivity index (χ4v) is 4.79. The first-order valence-corrected chi connectivity index (χ1v) is 10.1. The van der Waals surface area contributed by atoms with Gasteiger partial charge in [0.1, 0.15) is 0 Å². The lowest BCUT2D eigenvalue weighted by molar-refractivity contribution is -0.128. The molecular weight excluding hydrogens is 354 g/mol. The van der Waals surface area contributed by atoms with Gasteiger partial charge in [-0.05, 0) is 25.3 Å². The molecule has 0 bridgehead atoms. The summed E-state index contributed by atoms with van der Waals surface area (Å²) in [5.74, 6) is 0.359. The Morgan fingerprint density at radius 2 is 1.96 bits per heavy atom. The maximum Gasteiger partial charge on any atom is 0.256 e. The zero-order valence-electron chi connectivity index (χ0n) is 16.8. The van der Waals surface area contributed by atoms with Gasteiger partial charge in [0, 0.05) is 75.9 Å². The van der Waals surface area contributed by atoms with E-state index in [1.165, 1.54) is 0 Å². The van der Waals surface area contributed by atoms with Crippen molar-refractivity contribution in [1.29, 1.82) is 0 Å². The van der Waals surface area contributed by atoms with Crippen molar-refractivity contribution < 1.29 is 14.3 Å². The van der Waals surface area contributed by atoms with Crippen LogP contribution in [-0.4, -0.2) is 66.1 Å². The topological polar surface area (TPSA) is 54.8 Å². The Morgan fingerprint density at radius 1 is 1.21 bits per heavy atom. The van der Waals surface area contributed by atoms with Gasteiger partial charge in [0.2, 0.25) is 5.91 Å². The molecule has 2 fully saturated rings. The number of hydrogen-bond donors (Lipinski definition) is 0. The van der Waals surface area contributed by atoms with Gasteiger partial charge in [-0.15, -0.1) is 0 Å². The van der Waals surface area contributed by atoms with E-state index in [-0.39, 0.29) is 17.2 Å². The van der Waals surface area contributed by atoms with Gasteiger partial charge in [-0.25, -0.2) is 0 Å². The summed E-state index contributed by atoms with van der Waals surface area (Å²) in [6.45, 7) is 3.73. The Bertz CT molecular complexity index is 880. The minimum absolute atomic E-state index is 0.0414. The van der Waals surface area contributed by atoms with Gasteiger partial charge in [0.05, 0.1) is 5.56 Å². The van der Waals surface area contributed by atoms with E-state index in [9.17, 15) is 9.59 Å². The summed E-state index contributed by atoms with van der Waals surface area (Å²) in [7, 11) is 3.67. The lowest BCUT2D eigenvalue weighted by Crippen LogP contribution is -2.44. The summed E-state index contributed by atoms with van der Waals surface area (Å²) < 4.78 is 7.12. The Morgan fingerprint density at radius 3 is 2.71 bits per heavy atom. The number of hydrogen-bond acceptors (Lipinski definition) is 3. The van der Waals surface area contributed by atoms with Crippen LogP contribution < -0.4 is 0 Å². The number of nitrogens with zero attached hydrogens (tertiary/aromatic N) is 3. The molecule has 2 aliphatic heterocycles. The molecule has 0 saturated carbocycles. The minimum Gasteiger partial charge on any atom is -0.385 e. The predicted molar refractivity (Wildman–Crippen MR) is 108 cm³/mol. The fraction of sp³-hybridized carbons (Fsp3) is 0.545. The van der Waals surface area contributed by atoms with Crippen LogP contribution in [0.15, 0.2) is 30.5 Å². The molecule has 1 aromatic carbocycles. The van der Waals surface area contributed by atoms with E-state index >= 15 is 0 Å². The Hall–Kier alpha value is -2.34. The highest BCUT2D eigenvalue weighted by Gasteiger charge is 2.45. The quantitative estimate of drug-likeness (QED) is 0.746. The number of fused-ring (bicyclic) bond motifs is 1. The predicted octanol–water partition coefficient (Wildman–Crippen LogP) is 2.67. The van der Waals surface area contributed by atoms with E-state index in [0.717, 1.165) is 61.9 Å². The number of piperidine rings is 1. The van der Waals surface area contributed by atoms with Crippen molar-refractivity contribution >= 4 is 22.7 Å². The zero-order valence-corrected chi connectivity index (χ0v) is 16.8. The molecule has 2 aliphatic rings. The van der Waals surface area contributed by atoms with Crippen LogP contribution in [0.1, 0.15) is 36.0 Å². The number of methoxy groups -OCH3 is 1. The Kier molecular flexibility index (Phi) is 5.15.